The van der Waals surface area contributed by atoms with Crippen LogP contribution in [0.1, 0.15) is 51.9 Å². The van der Waals surface area contributed by atoms with Crippen molar-refractivity contribution >= 4 is 18.3 Å². The molecule has 1 saturated carbocycles. The van der Waals surface area contributed by atoms with E-state index in [-0.39, 0.29) is 18.3 Å². The maximum Gasteiger partial charge on any atom is 0.220 e. The van der Waals surface area contributed by atoms with E-state index in [1.807, 2.05) is 0 Å². The Morgan fingerprint density at radius 1 is 1.26 bits per heavy atom. The maximum atomic E-state index is 11.8. The highest BCUT2D eigenvalue weighted by Gasteiger charge is 2.20. The highest BCUT2D eigenvalue weighted by atomic mass is 35.5. The third-order valence-corrected chi connectivity index (χ3v) is 4.56. The number of nitrogens with one attached hydrogen (secondary N) is 2. The van der Waals surface area contributed by atoms with Crippen LogP contribution in [-0.4, -0.2) is 25.5 Å². The maximum absolute atomic E-state index is 11.8. The lowest BCUT2D eigenvalue weighted by atomic mass is 9.81. The average Bonchev–Trinajstić information content (AvgIpc) is 2.82. The fraction of sp³-hybridized carbons (Fsp3) is 0.933. The van der Waals surface area contributed by atoms with E-state index in [9.17, 15) is 4.79 Å². The second-order valence-electron chi connectivity index (χ2n) is 6.34. The zero-order valence-electron chi connectivity index (χ0n) is 12.1. The Balaban J connectivity index is 0.00000180. The Morgan fingerprint density at radius 3 is 2.79 bits per heavy atom. The Bertz CT molecular complexity index is 267. The standard InChI is InChI=1S/C15H28N2O.ClH/c1-12-3-2-4-13(9-12)6-8-17-15(18)10-14-5-7-16-11-14;/h12-14,16H,2-11H2,1H3,(H,17,18);1H. The quantitative estimate of drug-likeness (QED) is 0.817. The fourth-order valence-electron chi connectivity index (χ4n) is 3.46. The van der Waals surface area contributed by atoms with E-state index < -0.39 is 0 Å². The molecule has 2 aliphatic rings. The van der Waals surface area contributed by atoms with Crippen LogP contribution < -0.4 is 10.6 Å². The monoisotopic (exact) mass is 288 g/mol. The molecule has 4 heteroatoms. The summed E-state index contributed by atoms with van der Waals surface area (Å²) in [5, 5.41) is 6.42. The Hall–Kier alpha value is -0.280. The van der Waals surface area contributed by atoms with Crippen LogP contribution in [-0.2, 0) is 4.79 Å². The Kier molecular flexibility index (Phi) is 7.77. The average molecular weight is 289 g/mol. The van der Waals surface area contributed by atoms with Gasteiger partial charge in [-0.2, -0.15) is 0 Å². The molecule has 3 atom stereocenters. The van der Waals surface area contributed by atoms with Gasteiger partial charge in [-0.05, 0) is 50.1 Å². The van der Waals surface area contributed by atoms with Gasteiger partial charge in [0.25, 0.3) is 0 Å². The van der Waals surface area contributed by atoms with Crippen molar-refractivity contribution in [1.29, 1.82) is 0 Å². The number of carbonyl (C=O) groups is 1. The molecular formula is C15H29ClN2O. The van der Waals surface area contributed by atoms with Crippen molar-refractivity contribution in [3.05, 3.63) is 0 Å². The second kappa shape index (κ2) is 8.80. The first kappa shape index (κ1) is 16.8. The third kappa shape index (κ3) is 6.13. The van der Waals surface area contributed by atoms with E-state index >= 15 is 0 Å². The van der Waals surface area contributed by atoms with Crippen molar-refractivity contribution in [2.24, 2.45) is 17.8 Å². The van der Waals surface area contributed by atoms with Crippen LogP contribution in [0.2, 0.25) is 0 Å². The summed E-state index contributed by atoms with van der Waals surface area (Å²) < 4.78 is 0. The topological polar surface area (TPSA) is 41.1 Å². The molecule has 0 bridgehead atoms. The highest BCUT2D eigenvalue weighted by molar-refractivity contribution is 5.85. The summed E-state index contributed by atoms with van der Waals surface area (Å²) in [6.45, 7) is 5.35. The molecule has 0 radical (unpaired) electrons. The third-order valence-electron chi connectivity index (χ3n) is 4.56. The van der Waals surface area contributed by atoms with Crippen LogP contribution in [0.3, 0.4) is 0 Å². The van der Waals surface area contributed by atoms with Gasteiger partial charge < -0.3 is 10.6 Å². The summed E-state index contributed by atoms with van der Waals surface area (Å²) >= 11 is 0. The van der Waals surface area contributed by atoms with Crippen molar-refractivity contribution in [2.45, 2.75) is 51.9 Å². The first-order chi connectivity index (χ1) is 8.74. The van der Waals surface area contributed by atoms with Crippen LogP contribution in [0.5, 0.6) is 0 Å². The van der Waals surface area contributed by atoms with Gasteiger partial charge in [-0.3, -0.25) is 4.79 Å². The van der Waals surface area contributed by atoms with E-state index in [1.165, 1.54) is 32.1 Å². The molecule has 0 spiro atoms. The van der Waals surface area contributed by atoms with E-state index in [0.29, 0.717) is 12.3 Å². The van der Waals surface area contributed by atoms with Gasteiger partial charge in [0.1, 0.15) is 0 Å². The highest BCUT2D eigenvalue weighted by Crippen LogP contribution is 2.30. The molecule has 2 rings (SSSR count). The van der Waals surface area contributed by atoms with Gasteiger partial charge in [-0.1, -0.05) is 26.2 Å². The number of rotatable bonds is 5. The molecule has 2 fully saturated rings. The van der Waals surface area contributed by atoms with Gasteiger partial charge in [-0.25, -0.2) is 0 Å². The van der Waals surface area contributed by atoms with E-state index in [2.05, 4.69) is 17.6 Å². The van der Waals surface area contributed by atoms with E-state index in [4.69, 9.17) is 0 Å². The summed E-state index contributed by atoms with van der Waals surface area (Å²) in [6, 6.07) is 0. The van der Waals surface area contributed by atoms with Crippen LogP contribution in [0.15, 0.2) is 0 Å². The van der Waals surface area contributed by atoms with E-state index in [1.54, 1.807) is 0 Å². The first-order valence-corrected chi connectivity index (χ1v) is 7.71. The Labute approximate surface area is 123 Å². The number of carbonyl (C=O) groups excluding carboxylic acids is 1. The van der Waals surface area contributed by atoms with Crippen molar-refractivity contribution in [3.63, 3.8) is 0 Å². The Morgan fingerprint density at radius 2 is 2.11 bits per heavy atom. The van der Waals surface area contributed by atoms with Crippen molar-refractivity contribution in [3.8, 4) is 0 Å². The summed E-state index contributed by atoms with van der Waals surface area (Å²) in [4.78, 5) is 11.8. The summed E-state index contributed by atoms with van der Waals surface area (Å²) in [7, 11) is 0. The normalized spacial score (nSPS) is 30.7. The molecule has 1 aliphatic heterocycles. The van der Waals surface area contributed by atoms with Crippen LogP contribution in [0.4, 0.5) is 0 Å². The molecule has 3 nitrogen and oxygen atoms in total. The SMILES string of the molecule is CC1CCCC(CCNC(=O)CC2CCNC2)C1.Cl. The van der Waals surface area contributed by atoms with Crippen LogP contribution in [0.25, 0.3) is 0 Å². The predicted octanol–water partition coefficient (Wildman–Crippen LogP) is 2.74. The minimum Gasteiger partial charge on any atom is -0.356 e. The lowest BCUT2D eigenvalue weighted by molar-refractivity contribution is -0.121. The van der Waals surface area contributed by atoms with Crippen LogP contribution in [0, 0.1) is 17.8 Å². The van der Waals surface area contributed by atoms with E-state index in [0.717, 1.165) is 37.9 Å². The fourth-order valence-corrected chi connectivity index (χ4v) is 3.46. The van der Waals surface area contributed by atoms with Gasteiger partial charge in [0, 0.05) is 13.0 Å². The minimum absolute atomic E-state index is 0. The number of hydrogen-bond donors (Lipinski definition) is 2. The number of hydrogen-bond acceptors (Lipinski definition) is 2. The van der Waals surface area contributed by atoms with Crippen LogP contribution >= 0.6 is 12.4 Å². The number of amides is 1. The second-order valence-corrected chi connectivity index (χ2v) is 6.34. The molecule has 112 valence electrons. The predicted molar refractivity (Wildman–Crippen MR) is 81.6 cm³/mol. The molecule has 0 aromatic heterocycles. The summed E-state index contributed by atoms with van der Waals surface area (Å²) in [6.07, 6.45) is 8.57. The molecular weight excluding hydrogens is 260 g/mol. The molecule has 1 heterocycles. The molecule has 1 aliphatic carbocycles. The lowest BCUT2D eigenvalue weighted by Crippen LogP contribution is -2.29. The molecule has 1 amide bonds. The molecule has 2 N–H and O–H groups in total. The zero-order valence-corrected chi connectivity index (χ0v) is 12.9. The first-order valence-electron chi connectivity index (χ1n) is 7.71. The molecule has 0 aromatic carbocycles. The molecule has 0 aromatic rings. The lowest BCUT2D eigenvalue weighted by Gasteiger charge is -2.26. The van der Waals surface area contributed by atoms with Crippen molar-refractivity contribution in [1.82, 2.24) is 10.6 Å². The van der Waals surface area contributed by atoms with Crippen molar-refractivity contribution < 1.29 is 4.79 Å². The van der Waals surface area contributed by atoms with Gasteiger partial charge >= 0.3 is 0 Å². The largest absolute Gasteiger partial charge is 0.356 e. The molecule has 1 saturated heterocycles. The summed E-state index contributed by atoms with van der Waals surface area (Å²) in [5.74, 6) is 2.57. The van der Waals surface area contributed by atoms with Gasteiger partial charge in [0.2, 0.25) is 5.91 Å². The smallest absolute Gasteiger partial charge is 0.220 e. The van der Waals surface area contributed by atoms with Gasteiger partial charge in [0.05, 0.1) is 0 Å². The zero-order chi connectivity index (χ0) is 12.8. The molecule has 19 heavy (non-hydrogen) atoms. The van der Waals surface area contributed by atoms with Gasteiger partial charge in [0.15, 0.2) is 0 Å². The van der Waals surface area contributed by atoms with Crippen molar-refractivity contribution in [2.75, 3.05) is 19.6 Å². The number of halogens is 1. The van der Waals surface area contributed by atoms with Gasteiger partial charge in [-0.15, -0.1) is 12.4 Å². The molecule has 3 unspecified atom stereocenters. The summed E-state index contributed by atoms with van der Waals surface area (Å²) in [5.41, 5.74) is 0. The minimum atomic E-state index is 0.